The normalized spacial score (nSPS) is 22.2. The first-order valence-corrected chi connectivity index (χ1v) is 7.98. The number of β-amino-alcohol motifs (C(OH)–C–C–N with tert-alkyl or cyclic N) is 1. The van der Waals surface area contributed by atoms with Crippen LogP contribution in [0.2, 0.25) is 0 Å². The molecule has 1 saturated heterocycles. The minimum absolute atomic E-state index is 0.234. The van der Waals surface area contributed by atoms with E-state index in [1.54, 1.807) is 12.3 Å². The van der Waals surface area contributed by atoms with Crippen molar-refractivity contribution in [1.29, 1.82) is 0 Å². The zero-order valence-electron chi connectivity index (χ0n) is 13.4. The van der Waals surface area contributed by atoms with E-state index in [4.69, 9.17) is 0 Å². The van der Waals surface area contributed by atoms with E-state index in [-0.39, 0.29) is 6.04 Å². The third-order valence-corrected chi connectivity index (χ3v) is 4.45. The zero-order valence-corrected chi connectivity index (χ0v) is 13.4. The van der Waals surface area contributed by atoms with Gasteiger partial charge < -0.3 is 5.11 Å². The van der Waals surface area contributed by atoms with E-state index in [2.05, 4.69) is 5.10 Å². The number of aryl methyl sites for hydroxylation is 1. The molecule has 2 atom stereocenters. The third kappa shape index (κ3) is 3.47. The molecule has 1 N–H and O–H groups in total. The molecular formula is C17H20F3N3O. The summed E-state index contributed by atoms with van der Waals surface area (Å²) in [4.78, 5) is 2.02. The first-order chi connectivity index (χ1) is 11.4. The van der Waals surface area contributed by atoms with Gasteiger partial charge in [0.1, 0.15) is 0 Å². The maximum atomic E-state index is 13.0. The summed E-state index contributed by atoms with van der Waals surface area (Å²) in [6.07, 6.45) is -2.76. The van der Waals surface area contributed by atoms with Crippen molar-refractivity contribution in [2.45, 2.75) is 44.8 Å². The van der Waals surface area contributed by atoms with Crippen molar-refractivity contribution >= 4 is 0 Å². The van der Waals surface area contributed by atoms with Crippen molar-refractivity contribution in [2.24, 2.45) is 0 Å². The molecule has 0 aliphatic carbocycles. The standard InChI is InChI=1S/C17H20F3N3O/c1-2-23-14(6-7-21-23)10-22-11-15(24)9-16(22)12-4-3-5-13(8-12)17(18,19)20/h3-8,15-16,24H,2,9-11H2,1H3. The predicted molar refractivity (Wildman–Crippen MR) is 83.1 cm³/mol. The fourth-order valence-corrected chi connectivity index (χ4v) is 3.31. The lowest BCUT2D eigenvalue weighted by Crippen LogP contribution is -2.26. The molecule has 1 aliphatic heterocycles. The van der Waals surface area contributed by atoms with Gasteiger partial charge in [-0.3, -0.25) is 9.58 Å². The fourth-order valence-electron chi connectivity index (χ4n) is 3.31. The van der Waals surface area contributed by atoms with Crippen LogP contribution in [0.1, 0.15) is 36.2 Å². The van der Waals surface area contributed by atoms with Gasteiger partial charge in [-0.25, -0.2) is 0 Å². The molecule has 1 fully saturated rings. The highest BCUT2D eigenvalue weighted by Crippen LogP contribution is 2.36. The molecule has 2 aromatic rings. The lowest BCUT2D eigenvalue weighted by atomic mass is 10.0. The Morgan fingerprint density at radius 2 is 2.08 bits per heavy atom. The van der Waals surface area contributed by atoms with E-state index < -0.39 is 17.8 Å². The van der Waals surface area contributed by atoms with E-state index in [1.165, 1.54) is 12.1 Å². The summed E-state index contributed by atoms with van der Waals surface area (Å²) in [5, 5.41) is 14.2. The molecule has 24 heavy (non-hydrogen) atoms. The minimum Gasteiger partial charge on any atom is -0.392 e. The number of hydrogen-bond acceptors (Lipinski definition) is 3. The first kappa shape index (κ1) is 17.0. The molecule has 0 bridgehead atoms. The van der Waals surface area contributed by atoms with Crippen LogP contribution in [-0.2, 0) is 19.3 Å². The highest BCUT2D eigenvalue weighted by Gasteiger charge is 2.35. The second kappa shape index (κ2) is 6.57. The van der Waals surface area contributed by atoms with Crippen LogP contribution in [0.5, 0.6) is 0 Å². The monoisotopic (exact) mass is 339 g/mol. The van der Waals surface area contributed by atoms with Crippen LogP contribution in [0.4, 0.5) is 13.2 Å². The van der Waals surface area contributed by atoms with Crippen molar-refractivity contribution in [3.63, 3.8) is 0 Å². The first-order valence-electron chi connectivity index (χ1n) is 7.98. The van der Waals surface area contributed by atoms with Crippen molar-refractivity contribution in [3.05, 3.63) is 53.3 Å². The molecule has 0 spiro atoms. The third-order valence-electron chi connectivity index (χ3n) is 4.45. The Labute approximate surface area is 138 Å². The van der Waals surface area contributed by atoms with Crippen molar-refractivity contribution in [2.75, 3.05) is 6.54 Å². The summed E-state index contributed by atoms with van der Waals surface area (Å²) in [6.45, 7) is 3.70. The van der Waals surface area contributed by atoms with Gasteiger partial charge in [0.2, 0.25) is 0 Å². The molecule has 130 valence electrons. The number of aliphatic hydroxyl groups is 1. The number of hydrogen-bond donors (Lipinski definition) is 1. The van der Waals surface area contributed by atoms with E-state index in [9.17, 15) is 18.3 Å². The van der Waals surface area contributed by atoms with E-state index in [1.807, 2.05) is 22.6 Å². The summed E-state index contributed by atoms with van der Waals surface area (Å²) < 4.78 is 40.7. The smallest absolute Gasteiger partial charge is 0.392 e. The summed E-state index contributed by atoms with van der Waals surface area (Å²) in [5.41, 5.74) is 0.924. The molecule has 2 heterocycles. The molecule has 1 aromatic heterocycles. The van der Waals surface area contributed by atoms with Crippen LogP contribution in [0.15, 0.2) is 36.5 Å². The number of benzene rings is 1. The van der Waals surface area contributed by atoms with Gasteiger partial charge in [-0.1, -0.05) is 12.1 Å². The Bertz CT molecular complexity index is 698. The SMILES string of the molecule is CCn1nccc1CN1CC(O)CC1c1cccc(C(F)(F)F)c1. The maximum Gasteiger partial charge on any atom is 0.416 e. The number of likely N-dealkylation sites (tertiary alicyclic amines) is 1. The van der Waals surface area contributed by atoms with Gasteiger partial charge in [-0.15, -0.1) is 0 Å². The number of aromatic nitrogens is 2. The Morgan fingerprint density at radius 3 is 2.79 bits per heavy atom. The van der Waals surface area contributed by atoms with Crippen molar-refractivity contribution in [3.8, 4) is 0 Å². The molecule has 3 rings (SSSR count). The number of rotatable bonds is 4. The summed E-state index contributed by atoms with van der Waals surface area (Å²) in [7, 11) is 0. The molecule has 0 amide bonds. The van der Waals surface area contributed by atoms with Gasteiger partial charge in [0.25, 0.3) is 0 Å². The maximum absolute atomic E-state index is 13.0. The van der Waals surface area contributed by atoms with Crippen LogP contribution in [0.25, 0.3) is 0 Å². The van der Waals surface area contributed by atoms with Gasteiger partial charge >= 0.3 is 6.18 Å². The average Bonchev–Trinajstić information content (AvgIpc) is 3.13. The quantitative estimate of drug-likeness (QED) is 0.930. The van der Waals surface area contributed by atoms with Gasteiger partial charge in [0.15, 0.2) is 0 Å². The lowest BCUT2D eigenvalue weighted by Gasteiger charge is -2.25. The summed E-state index contributed by atoms with van der Waals surface area (Å²) >= 11 is 0. The molecule has 4 nitrogen and oxygen atoms in total. The van der Waals surface area contributed by atoms with Crippen LogP contribution in [0, 0.1) is 0 Å². The fraction of sp³-hybridized carbons (Fsp3) is 0.471. The van der Waals surface area contributed by atoms with Crippen LogP contribution in [0.3, 0.4) is 0 Å². The number of aliphatic hydroxyl groups excluding tert-OH is 1. The van der Waals surface area contributed by atoms with E-state index >= 15 is 0 Å². The summed E-state index contributed by atoms with van der Waals surface area (Å²) in [5.74, 6) is 0. The molecule has 1 aliphatic rings. The van der Waals surface area contributed by atoms with Gasteiger partial charge in [-0.05, 0) is 37.1 Å². The molecule has 1 aromatic carbocycles. The van der Waals surface area contributed by atoms with Crippen LogP contribution < -0.4 is 0 Å². The van der Waals surface area contributed by atoms with Gasteiger partial charge in [-0.2, -0.15) is 18.3 Å². The molecule has 2 unspecified atom stereocenters. The minimum atomic E-state index is -4.36. The molecule has 0 radical (unpaired) electrons. The van der Waals surface area contributed by atoms with Gasteiger partial charge in [0, 0.05) is 31.9 Å². The summed E-state index contributed by atoms with van der Waals surface area (Å²) in [6, 6.07) is 7.05. The Balaban J connectivity index is 1.86. The highest BCUT2D eigenvalue weighted by molar-refractivity contribution is 5.29. The predicted octanol–water partition coefficient (Wildman–Crippen LogP) is 3.23. The molecule has 7 heteroatoms. The lowest BCUT2D eigenvalue weighted by molar-refractivity contribution is -0.137. The van der Waals surface area contributed by atoms with Crippen LogP contribution >= 0.6 is 0 Å². The van der Waals surface area contributed by atoms with Crippen molar-refractivity contribution < 1.29 is 18.3 Å². The molecule has 0 saturated carbocycles. The topological polar surface area (TPSA) is 41.3 Å². The van der Waals surface area contributed by atoms with Crippen molar-refractivity contribution in [1.82, 2.24) is 14.7 Å². The Hall–Kier alpha value is -1.86. The number of halogens is 3. The zero-order chi connectivity index (χ0) is 17.3. The van der Waals surface area contributed by atoms with Crippen LogP contribution in [-0.4, -0.2) is 32.4 Å². The highest BCUT2D eigenvalue weighted by atomic mass is 19.4. The Morgan fingerprint density at radius 1 is 1.29 bits per heavy atom. The number of nitrogens with zero attached hydrogens (tertiary/aromatic N) is 3. The van der Waals surface area contributed by atoms with Gasteiger partial charge in [0.05, 0.1) is 17.4 Å². The van der Waals surface area contributed by atoms with E-state index in [0.717, 1.165) is 18.3 Å². The number of alkyl halides is 3. The Kier molecular flexibility index (Phi) is 4.64. The largest absolute Gasteiger partial charge is 0.416 e. The second-order valence-electron chi connectivity index (χ2n) is 6.10. The second-order valence-corrected chi connectivity index (χ2v) is 6.10. The molecular weight excluding hydrogens is 319 g/mol. The average molecular weight is 339 g/mol. The van der Waals surface area contributed by atoms with E-state index in [0.29, 0.717) is 25.1 Å².